The number of carbonyl (C=O) groups is 1. The van der Waals surface area contributed by atoms with Gasteiger partial charge in [-0.25, -0.2) is 0 Å². The van der Waals surface area contributed by atoms with Gasteiger partial charge in [0, 0.05) is 10.1 Å². The SMILES string of the molecule is CC(=O)c1cc2c(C(F)(F)F)cccc2s1. The van der Waals surface area contributed by atoms with Crippen LogP contribution in [0.4, 0.5) is 13.2 Å². The van der Waals surface area contributed by atoms with Gasteiger partial charge in [-0.2, -0.15) is 13.2 Å². The van der Waals surface area contributed by atoms with Crippen LogP contribution in [0.2, 0.25) is 0 Å². The number of hydrogen-bond acceptors (Lipinski definition) is 2. The van der Waals surface area contributed by atoms with Crippen LogP contribution >= 0.6 is 11.3 Å². The molecule has 0 fully saturated rings. The average molecular weight is 244 g/mol. The molecule has 1 nitrogen and oxygen atoms in total. The Bertz CT molecular complexity index is 554. The largest absolute Gasteiger partial charge is 0.417 e. The number of thiophene rings is 1. The first kappa shape index (κ1) is 11.1. The maximum absolute atomic E-state index is 12.6. The van der Waals surface area contributed by atoms with E-state index in [-0.39, 0.29) is 11.2 Å². The molecule has 1 heterocycles. The zero-order valence-corrected chi connectivity index (χ0v) is 9.08. The third-order valence-corrected chi connectivity index (χ3v) is 3.41. The highest BCUT2D eigenvalue weighted by molar-refractivity contribution is 7.20. The van der Waals surface area contributed by atoms with E-state index in [1.165, 1.54) is 19.1 Å². The molecule has 2 rings (SSSR count). The van der Waals surface area contributed by atoms with Crippen LogP contribution in [0.5, 0.6) is 0 Å². The number of Topliss-reactive ketones (excluding diaryl/α,β-unsaturated/α-hetero) is 1. The predicted octanol–water partition coefficient (Wildman–Crippen LogP) is 4.12. The summed E-state index contributed by atoms with van der Waals surface area (Å²) in [6.45, 7) is 1.35. The highest BCUT2D eigenvalue weighted by atomic mass is 32.1. The molecule has 84 valence electrons. The molecule has 0 radical (unpaired) electrons. The second kappa shape index (κ2) is 3.59. The molecule has 1 aromatic heterocycles. The zero-order valence-electron chi connectivity index (χ0n) is 8.26. The van der Waals surface area contributed by atoms with Gasteiger partial charge in [0.25, 0.3) is 0 Å². The lowest BCUT2D eigenvalue weighted by Gasteiger charge is -2.06. The number of carbonyl (C=O) groups excluding carboxylic acids is 1. The topological polar surface area (TPSA) is 17.1 Å². The Morgan fingerprint density at radius 3 is 2.56 bits per heavy atom. The third kappa shape index (κ3) is 1.82. The van der Waals surface area contributed by atoms with Gasteiger partial charge >= 0.3 is 6.18 Å². The van der Waals surface area contributed by atoms with Crippen molar-refractivity contribution in [3.05, 3.63) is 34.7 Å². The molecule has 2 aromatic rings. The highest BCUT2D eigenvalue weighted by Gasteiger charge is 2.32. The van der Waals surface area contributed by atoms with Crippen molar-refractivity contribution in [3.8, 4) is 0 Å². The Hall–Kier alpha value is -1.36. The van der Waals surface area contributed by atoms with Crippen molar-refractivity contribution in [1.82, 2.24) is 0 Å². The number of halogens is 3. The van der Waals surface area contributed by atoms with E-state index < -0.39 is 11.7 Å². The summed E-state index contributed by atoms with van der Waals surface area (Å²) < 4.78 is 38.4. The van der Waals surface area contributed by atoms with Crippen molar-refractivity contribution in [2.75, 3.05) is 0 Å². The van der Waals surface area contributed by atoms with Gasteiger partial charge in [0.05, 0.1) is 10.4 Å². The Balaban J connectivity index is 2.73. The number of fused-ring (bicyclic) bond motifs is 1. The molecular weight excluding hydrogens is 237 g/mol. The van der Waals surface area contributed by atoms with Crippen LogP contribution in [0.15, 0.2) is 24.3 Å². The molecule has 1 aromatic carbocycles. The standard InChI is InChI=1S/C11H7F3OS/c1-6(15)10-5-7-8(11(12,13)14)3-2-4-9(7)16-10/h2-5H,1H3. The van der Waals surface area contributed by atoms with E-state index in [1.807, 2.05) is 0 Å². The van der Waals surface area contributed by atoms with Gasteiger partial charge < -0.3 is 0 Å². The van der Waals surface area contributed by atoms with Crippen molar-refractivity contribution in [2.24, 2.45) is 0 Å². The first-order valence-corrected chi connectivity index (χ1v) is 5.32. The lowest BCUT2D eigenvalue weighted by molar-refractivity contribution is -0.136. The van der Waals surface area contributed by atoms with Crippen molar-refractivity contribution in [1.29, 1.82) is 0 Å². The molecule has 0 atom stereocenters. The molecular formula is C11H7F3OS. The molecule has 5 heteroatoms. The fourth-order valence-corrected chi connectivity index (χ4v) is 2.46. The number of hydrogen-bond donors (Lipinski definition) is 0. The highest BCUT2D eigenvalue weighted by Crippen LogP contribution is 2.37. The molecule has 0 N–H and O–H groups in total. The van der Waals surface area contributed by atoms with Gasteiger partial charge in [-0.05, 0) is 25.1 Å². The van der Waals surface area contributed by atoms with Crippen LogP contribution in [0.1, 0.15) is 22.2 Å². The summed E-state index contributed by atoms with van der Waals surface area (Å²) in [5.74, 6) is -0.214. The number of ketones is 1. The summed E-state index contributed by atoms with van der Waals surface area (Å²) in [6, 6.07) is 5.28. The van der Waals surface area contributed by atoms with E-state index in [1.54, 1.807) is 6.07 Å². The summed E-state index contributed by atoms with van der Waals surface area (Å²) in [6.07, 6.45) is -4.38. The van der Waals surface area contributed by atoms with E-state index in [0.717, 1.165) is 17.4 Å². The van der Waals surface area contributed by atoms with E-state index in [4.69, 9.17) is 0 Å². The minimum Gasteiger partial charge on any atom is -0.294 e. The van der Waals surface area contributed by atoms with Crippen LogP contribution in [0.3, 0.4) is 0 Å². The maximum atomic E-state index is 12.6. The molecule has 0 unspecified atom stereocenters. The van der Waals surface area contributed by atoms with Gasteiger partial charge in [-0.1, -0.05) is 6.07 Å². The van der Waals surface area contributed by atoms with E-state index in [0.29, 0.717) is 9.58 Å². The second-order valence-corrected chi connectivity index (χ2v) is 4.47. The van der Waals surface area contributed by atoms with Gasteiger partial charge in [-0.15, -0.1) is 11.3 Å². The lowest BCUT2D eigenvalue weighted by atomic mass is 10.1. The summed E-state index contributed by atoms with van der Waals surface area (Å²) >= 11 is 1.09. The molecule has 0 aliphatic carbocycles. The number of rotatable bonds is 1. The summed E-state index contributed by atoms with van der Waals surface area (Å²) in [4.78, 5) is 11.5. The van der Waals surface area contributed by atoms with Crippen molar-refractivity contribution in [2.45, 2.75) is 13.1 Å². The van der Waals surface area contributed by atoms with Gasteiger partial charge in [0.15, 0.2) is 5.78 Å². The fraction of sp³-hybridized carbons (Fsp3) is 0.182. The van der Waals surface area contributed by atoms with Crippen LogP contribution in [-0.2, 0) is 6.18 Å². The second-order valence-electron chi connectivity index (χ2n) is 3.38. The summed E-state index contributed by atoms with van der Waals surface area (Å²) in [5, 5.41) is 0.102. The molecule has 0 aliphatic heterocycles. The predicted molar refractivity (Wildman–Crippen MR) is 56.8 cm³/mol. The first-order valence-electron chi connectivity index (χ1n) is 4.50. The normalized spacial score (nSPS) is 12.0. The summed E-state index contributed by atoms with van der Waals surface area (Å²) in [5.41, 5.74) is -0.686. The van der Waals surface area contributed by atoms with Crippen molar-refractivity contribution < 1.29 is 18.0 Å². The smallest absolute Gasteiger partial charge is 0.294 e. The van der Waals surface area contributed by atoms with Crippen molar-refractivity contribution in [3.63, 3.8) is 0 Å². The van der Waals surface area contributed by atoms with Gasteiger partial charge in [0.1, 0.15) is 0 Å². The molecule has 16 heavy (non-hydrogen) atoms. The van der Waals surface area contributed by atoms with E-state index >= 15 is 0 Å². The van der Waals surface area contributed by atoms with E-state index in [9.17, 15) is 18.0 Å². The van der Waals surface area contributed by atoms with Crippen LogP contribution < -0.4 is 0 Å². The quantitative estimate of drug-likeness (QED) is 0.689. The van der Waals surface area contributed by atoms with Gasteiger partial charge in [-0.3, -0.25) is 4.79 Å². The van der Waals surface area contributed by atoms with Crippen LogP contribution in [0.25, 0.3) is 10.1 Å². The Morgan fingerprint density at radius 1 is 1.31 bits per heavy atom. The lowest BCUT2D eigenvalue weighted by Crippen LogP contribution is -2.04. The monoisotopic (exact) mass is 244 g/mol. The molecule has 0 aliphatic rings. The maximum Gasteiger partial charge on any atom is 0.417 e. The van der Waals surface area contributed by atoms with Gasteiger partial charge in [0.2, 0.25) is 0 Å². The zero-order chi connectivity index (χ0) is 11.9. The Morgan fingerprint density at radius 2 is 2.00 bits per heavy atom. The van der Waals surface area contributed by atoms with Crippen LogP contribution in [-0.4, -0.2) is 5.78 Å². The van der Waals surface area contributed by atoms with E-state index in [2.05, 4.69) is 0 Å². The third-order valence-electron chi connectivity index (χ3n) is 2.21. The molecule has 0 saturated heterocycles. The molecule has 0 bridgehead atoms. The minimum absolute atomic E-state index is 0.102. The average Bonchev–Trinajstić information content (AvgIpc) is 2.58. The Kier molecular flexibility index (Phi) is 2.50. The molecule has 0 spiro atoms. The first-order chi connectivity index (χ1) is 7.39. The summed E-state index contributed by atoms with van der Waals surface area (Å²) in [7, 11) is 0. The number of alkyl halides is 3. The van der Waals surface area contributed by atoms with Crippen LogP contribution in [0, 0.1) is 0 Å². The minimum atomic E-state index is -4.38. The Labute approximate surface area is 93.5 Å². The fourth-order valence-electron chi connectivity index (χ4n) is 1.48. The molecule has 0 saturated carbocycles. The number of benzene rings is 1. The van der Waals surface area contributed by atoms with Crippen molar-refractivity contribution >= 4 is 27.2 Å². The molecule has 0 amide bonds.